The molecular weight excluding hydrogens is 264 g/mol. The van der Waals surface area contributed by atoms with E-state index in [0.717, 1.165) is 25.0 Å². The number of carbonyl (C=O) groups excluding carboxylic acids is 1. The number of hydrogen-bond acceptors (Lipinski definition) is 3. The van der Waals surface area contributed by atoms with Gasteiger partial charge in [-0.3, -0.25) is 4.79 Å². The second-order valence-corrected chi connectivity index (χ2v) is 6.32. The Labute approximate surface area is 126 Å². The Kier molecular flexibility index (Phi) is 3.89. The number of fused-ring (bicyclic) bond motifs is 1. The number of rotatable bonds is 4. The van der Waals surface area contributed by atoms with Gasteiger partial charge in [-0.15, -0.1) is 0 Å². The molecule has 0 heterocycles. The lowest BCUT2D eigenvalue weighted by Gasteiger charge is -2.25. The molecule has 1 aromatic rings. The summed E-state index contributed by atoms with van der Waals surface area (Å²) in [5, 5.41) is 3.09. The summed E-state index contributed by atoms with van der Waals surface area (Å²) in [6, 6.07) is 6.43. The summed E-state index contributed by atoms with van der Waals surface area (Å²) in [4.78, 5) is 11.6. The van der Waals surface area contributed by atoms with Crippen LogP contribution in [-0.2, 0) is 17.6 Å². The van der Waals surface area contributed by atoms with Gasteiger partial charge in [-0.25, -0.2) is 0 Å². The maximum Gasteiger partial charge on any atom is 0.237 e. The van der Waals surface area contributed by atoms with Gasteiger partial charge in [0.15, 0.2) is 0 Å². The van der Waals surface area contributed by atoms with Crippen LogP contribution in [0.4, 0.5) is 0 Å². The number of amides is 1. The lowest BCUT2D eigenvalue weighted by atomic mass is 9.92. The van der Waals surface area contributed by atoms with Crippen LogP contribution >= 0.6 is 0 Å². The van der Waals surface area contributed by atoms with Crippen LogP contribution in [0.1, 0.15) is 43.2 Å². The monoisotopic (exact) mass is 288 g/mol. The molecule has 4 heteroatoms. The summed E-state index contributed by atoms with van der Waals surface area (Å²) in [6.07, 6.45) is 7.21. The standard InChI is InChI=1S/C17H24N2O2/c1-19-17(16(18)20)9-8-15(11-17)21-14-7-6-12-4-2-3-5-13(12)10-14/h6-7,10,15,19H,2-5,8-9,11H2,1H3,(H2,18,20). The molecule has 1 fully saturated rings. The lowest BCUT2D eigenvalue weighted by molar-refractivity contribution is -0.124. The average molecular weight is 288 g/mol. The maximum absolute atomic E-state index is 11.6. The fourth-order valence-corrected chi connectivity index (χ4v) is 3.65. The zero-order valence-electron chi connectivity index (χ0n) is 12.7. The first kappa shape index (κ1) is 14.4. The molecule has 0 aromatic heterocycles. The predicted molar refractivity (Wildman–Crippen MR) is 82.3 cm³/mol. The van der Waals surface area contributed by atoms with Crippen LogP contribution in [0.15, 0.2) is 18.2 Å². The van der Waals surface area contributed by atoms with Gasteiger partial charge < -0.3 is 15.8 Å². The van der Waals surface area contributed by atoms with Crippen molar-refractivity contribution in [3.05, 3.63) is 29.3 Å². The Bertz CT molecular complexity index is 544. The van der Waals surface area contributed by atoms with Crippen molar-refractivity contribution in [2.45, 2.75) is 56.6 Å². The summed E-state index contributed by atoms with van der Waals surface area (Å²) in [5.74, 6) is 0.651. The fourth-order valence-electron chi connectivity index (χ4n) is 3.65. The molecule has 1 amide bonds. The van der Waals surface area contributed by atoms with E-state index in [4.69, 9.17) is 10.5 Å². The SMILES string of the molecule is CNC1(C(N)=O)CCC(Oc2ccc3c(c2)CCCC3)C1. The molecule has 2 aliphatic rings. The Morgan fingerprint density at radius 1 is 1.33 bits per heavy atom. The Balaban J connectivity index is 1.69. The van der Waals surface area contributed by atoms with E-state index >= 15 is 0 Å². The van der Waals surface area contributed by atoms with Gasteiger partial charge in [0.2, 0.25) is 5.91 Å². The lowest BCUT2D eigenvalue weighted by Crippen LogP contribution is -2.52. The molecule has 0 radical (unpaired) electrons. The van der Waals surface area contributed by atoms with Crippen molar-refractivity contribution >= 4 is 5.91 Å². The highest BCUT2D eigenvalue weighted by Crippen LogP contribution is 2.33. The molecular formula is C17H24N2O2. The molecule has 4 nitrogen and oxygen atoms in total. The Hall–Kier alpha value is -1.55. The average Bonchev–Trinajstić information content (AvgIpc) is 2.92. The van der Waals surface area contributed by atoms with E-state index in [-0.39, 0.29) is 12.0 Å². The van der Waals surface area contributed by atoms with Gasteiger partial charge in [0.1, 0.15) is 17.4 Å². The van der Waals surface area contributed by atoms with Crippen LogP contribution in [0.25, 0.3) is 0 Å². The minimum absolute atomic E-state index is 0.0617. The van der Waals surface area contributed by atoms with Crippen molar-refractivity contribution in [3.63, 3.8) is 0 Å². The molecule has 0 saturated heterocycles. The van der Waals surface area contributed by atoms with Crippen molar-refractivity contribution in [1.29, 1.82) is 0 Å². The van der Waals surface area contributed by atoms with Crippen LogP contribution in [0.5, 0.6) is 5.75 Å². The number of carbonyl (C=O) groups is 1. The van der Waals surface area contributed by atoms with Gasteiger partial charge in [0.25, 0.3) is 0 Å². The minimum Gasteiger partial charge on any atom is -0.490 e. The molecule has 21 heavy (non-hydrogen) atoms. The molecule has 2 unspecified atom stereocenters. The first-order valence-corrected chi connectivity index (χ1v) is 7.90. The minimum atomic E-state index is -0.598. The molecule has 1 aromatic carbocycles. The van der Waals surface area contributed by atoms with Gasteiger partial charge in [0, 0.05) is 6.42 Å². The van der Waals surface area contributed by atoms with Crippen molar-refractivity contribution < 1.29 is 9.53 Å². The van der Waals surface area contributed by atoms with E-state index < -0.39 is 5.54 Å². The number of benzene rings is 1. The van der Waals surface area contributed by atoms with E-state index in [1.165, 1.54) is 30.4 Å². The number of aryl methyl sites for hydroxylation is 2. The van der Waals surface area contributed by atoms with E-state index in [1.54, 1.807) is 7.05 Å². The zero-order chi connectivity index (χ0) is 14.9. The normalized spacial score (nSPS) is 28.1. The second kappa shape index (κ2) is 5.68. The molecule has 114 valence electrons. The van der Waals surface area contributed by atoms with E-state index in [2.05, 4.69) is 23.5 Å². The van der Waals surface area contributed by atoms with Gasteiger partial charge in [-0.05, 0) is 68.8 Å². The van der Waals surface area contributed by atoms with Crippen LogP contribution in [0.2, 0.25) is 0 Å². The largest absolute Gasteiger partial charge is 0.490 e. The highest BCUT2D eigenvalue weighted by Gasteiger charge is 2.43. The number of ether oxygens (including phenoxy) is 1. The number of nitrogens with one attached hydrogen (secondary N) is 1. The molecule has 3 N–H and O–H groups in total. The van der Waals surface area contributed by atoms with Crippen LogP contribution < -0.4 is 15.8 Å². The molecule has 2 aliphatic carbocycles. The number of nitrogens with two attached hydrogens (primary N) is 1. The van der Waals surface area contributed by atoms with Gasteiger partial charge in [-0.1, -0.05) is 6.07 Å². The third-order valence-corrected chi connectivity index (χ3v) is 5.04. The number of hydrogen-bond donors (Lipinski definition) is 2. The van der Waals surface area contributed by atoms with Crippen molar-refractivity contribution in [3.8, 4) is 5.75 Å². The van der Waals surface area contributed by atoms with Crippen molar-refractivity contribution in [1.82, 2.24) is 5.32 Å². The van der Waals surface area contributed by atoms with Crippen molar-refractivity contribution in [2.24, 2.45) is 5.73 Å². The molecule has 0 aliphatic heterocycles. The molecule has 1 saturated carbocycles. The molecule has 3 rings (SSSR count). The van der Waals surface area contributed by atoms with Crippen LogP contribution in [-0.4, -0.2) is 24.6 Å². The summed E-state index contributed by atoms with van der Waals surface area (Å²) < 4.78 is 6.10. The maximum atomic E-state index is 11.6. The highest BCUT2D eigenvalue weighted by atomic mass is 16.5. The Morgan fingerprint density at radius 2 is 2.10 bits per heavy atom. The molecule has 2 atom stereocenters. The third-order valence-electron chi connectivity index (χ3n) is 5.04. The zero-order valence-corrected chi connectivity index (χ0v) is 12.7. The van der Waals surface area contributed by atoms with Gasteiger partial charge in [-0.2, -0.15) is 0 Å². The predicted octanol–water partition coefficient (Wildman–Crippen LogP) is 1.94. The van der Waals surface area contributed by atoms with Crippen LogP contribution in [0.3, 0.4) is 0 Å². The summed E-state index contributed by atoms with van der Waals surface area (Å²) in [6.45, 7) is 0. The smallest absolute Gasteiger partial charge is 0.237 e. The van der Waals surface area contributed by atoms with Crippen LogP contribution in [0, 0.1) is 0 Å². The topological polar surface area (TPSA) is 64.3 Å². The summed E-state index contributed by atoms with van der Waals surface area (Å²) >= 11 is 0. The first-order chi connectivity index (χ1) is 10.1. The first-order valence-electron chi connectivity index (χ1n) is 7.90. The number of likely N-dealkylation sites (N-methyl/N-ethyl adjacent to an activating group) is 1. The molecule has 0 spiro atoms. The van der Waals surface area contributed by atoms with Gasteiger partial charge >= 0.3 is 0 Å². The quantitative estimate of drug-likeness (QED) is 0.890. The van der Waals surface area contributed by atoms with Gasteiger partial charge in [0.05, 0.1) is 0 Å². The van der Waals surface area contributed by atoms with E-state index in [1.807, 2.05) is 0 Å². The van der Waals surface area contributed by atoms with E-state index in [9.17, 15) is 4.79 Å². The third kappa shape index (κ3) is 2.77. The fraction of sp³-hybridized carbons (Fsp3) is 0.588. The van der Waals surface area contributed by atoms with Crippen molar-refractivity contribution in [2.75, 3.05) is 7.05 Å². The van der Waals surface area contributed by atoms with E-state index in [0.29, 0.717) is 6.42 Å². The Morgan fingerprint density at radius 3 is 2.76 bits per heavy atom. The summed E-state index contributed by atoms with van der Waals surface area (Å²) in [7, 11) is 1.80. The highest BCUT2D eigenvalue weighted by molar-refractivity contribution is 5.85. The molecule has 0 bridgehead atoms. The second-order valence-electron chi connectivity index (χ2n) is 6.32. The summed E-state index contributed by atoms with van der Waals surface area (Å²) in [5.41, 5.74) is 7.82. The number of primary amides is 1.